The summed E-state index contributed by atoms with van der Waals surface area (Å²) in [6.07, 6.45) is 0.326. The van der Waals surface area contributed by atoms with Gasteiger partial charge in [-0.25, -0.2) is 4.79 Å². The molecule has 0 spiro atoms. The predicted octanol–water partition coefficient (Wildman–Crippen LogP) is 3.43. The lowest BCUT2D eigenvalue weighted by Gasteiger charge is -2.13. The Kier molecular flexibility index (Phi) is 3.61. The molecule has 1 aromatic heterocycles. The summed E-state index contributed by atoms with van der Waals surface area (Å²) in [5, 5.41) is 10.3. The SMILES string of the molecule is Cc1c(O)ccc2c(COC(=O)[C@@]3(C)CC3(Cl)Cl)cc(=O)oc12. The highest BCUT2D eigenvalue weighted by molar-refractivity contribution is 6.53. The van der Waals surface area contributed by atoms with Crippen LogP contribution >= 0.6 is 23.2 Å². The first-order valence-electron chi connectivity index (χ1n) is 6.96. The van der Waals surface area contributed by atoms with E-state index in [2.05, 4.69) is 0 Å². The van der Waals surface area contributed by atoms with Crippen molar-refractivity contribution >= 4 is 40.1 Å². The van der Waals surface area contributed by atoms with Gasteiger partial charge < -0.3 is 14.3 Å². The maximum atomic E-state index is 12.1. The number of carbonyl (C=O) groups excluding carboxylic acids is 1. The molecule has 1 heterocycles. The maximum absolute atomic E-state index is 12.1. The number of benzene rings is 1. The van der Waals surface area contributed by atoms with Gasteiger partial charge in [-0.3, -0.25) is 4.79 Å². The minimum atomic E-state index is -1.11. The number of rotatable bonds is 3. The van der Waals surface area contributed by atoms with E-state index in [-0.39, 0.29) is 17.9 Å². The predicted molar refractivity (Wildman–Crippen MR) is 85.8 cm³/mol. The van der Waals surface area contributed by atoms with Gasteiger partial charge in [-0.15, -0.1) is 23.2 Å². The molecule has 23 heavy (non-hydrogen) atoms. The van der Waals surface area contributed by atoms with Gasteiger partial charge in [0.15, 0.2) is 0 Å². The second kappa shape index (κ2) is 5.14. The summed E-state index contributed by atoms with van der Waals surface area (Å²) in [6, 6.07) is 4.36. The van der Waals surface area contributed by atoms with Crippen LogP contribution in [-0.4, -0.2) is 15.4 Å². The average Bonchev–Trinajstić information content (AvgIpc) is 3.00. The van der Waals surface area contributed by atoms with Crippen LogP contribution in [0.1, 0.15) is 24.5 Å². The van der Waals surface area contributed by atoms with Gasteiger partial charge in [-0.2, -0.15) is 0 Å². The quantitative estimate of drug-likeness (QED) is 0.517. The Morgan fingerprint density at radius 3 is 2.70 bits per heavy atom. The lowest BCUT2D eigenvalue weighted by molar-refractivity contribution is -0.150. The highest BCUT2D eigenvalue weighted by Gasteiger charge is 2.69. The van der Waals surface area contributed by atoms with E-state index in [0.29, 0.717) is 22.9 Å². The number of aryl methyl sites for hydroxylation is 1. The average molecular weight is 357 g/mol. The number of esters is 1. The molecule has 122 valence electrons. The van der Waals surface area contributed by atoms with Crippen LogP contribution in [0.3, 0.4) is 0 Å². The summed E-state index contributed by atoms with van der Waals surface area (Å²) in [6.45, 7) is 3.16. The summed E-state index contributed by atoms with van der Waals surface area (Å²) in [5.74, 6) is -0.492. The van der Waals surface area contributed by atoms with Gasteiger partial charge >= 0.3 is 11.6 Å². The molecule has 1 aliphatic rings. The van der Waals surface area contributed by atoms with Crippen LogP contribution in [0.25, 0.3) is 11.0 Å². The van der Waals surface area contributed by atoms with Crippen LogP contribution < -0.4 is 5.63 Å². The van der Waals surface area contributed by atoms with Crippen LogP contribution in [0.5, 0.6) is 5.75 Å². The fourth-order valence-corrected chi connectivity index (χ4v) is 3.15. The topological polar surface area (TPSA) is 76.7 Å². The van der Waals surface area contributed by atoms with Crippen molar-refractivity contribution in [3.63, 3.8) is 0 Å². The number of ether oxygens (including phenoxy) is 1. The Labute approximate surface area is 141 Å². The molecule has 7 heteroatoms. The summed E-state index contributed by atoms with van der Waals surface area (Å²) >= 11 is 11.9. The van der Waals surface area contributed by atoms with Gasteiger partial charge in [-0.1, -0.05) is 0 Å². The van der Waals surface area contributed by atoms with E-state index < -0.39 is 21.3 Å². The molecular formula is C16H14Cl2O5. The van der Waals surface area contributed by atoms with Gasteiger partial charge in [0.1, 0.15) is 27.7 Å². The molecule has 0 radical (unpaired) electrons. The lowest BCUT2D eigenvalue weighted by atomic mass is 10.1. The molecule has 1 N–H and O–H groups in total. The Morgan fingerprint density at radius 2 is 2.09 bits per heavy atom. The first-order valence-corrected chi connectivity index (χ1v) is 7.72. The van der Waals surface area contributed by atoms with Crippen LogP contribution in [-0.2, 0) is 16.1 Å². The molecule has 0 amide bonds. The Morgan fingerprint density at radius 1 is 1.43 bits per heavy atom. The molecular weight excluding hydrogens is 343 g/mol. The molecule has 1 aliphatic carbocycles. The van der Waals surface area contributed by atoms with E-state index in [0.717, 1.165) is 0 Å². The lowest BCUT2D eigenvalue weighted by Crippen LogP contribution is -2.21. The third-order valence-electron chi connectivity index (χ3n) is 4.29. The standard InChI is InChI=1S/C16H14Cl2O5/c1-8-11(19)4-3-10-9(5-12(20)23-13(8)10)6-22-14(21)15(2)7-16(15,17)18/h3-5,19H,6-7H2,1-2H3/t15-/m1/s1. The van der Waals surface area contributed by atoms with Crippen molar-refractivity contribution in [2.75, 3.05) is 0 Å². The van der Waals surface area contributed by atoms with E-state index in [1.54, 1.807) is 19.9 Å². The first-order chi connectivity index (χ1) is 10.7. The second-order valence-corrected chi connectivity index (χ2v) is 7.45. The van der Waals surface area contributed by atoms with Gasteiger partial charge in [0.05, 0.1) is 0 Å². The second-order valence-electron chi connectivity index (χ2n) is 5.97. The smallest absolute Gasteiger partial charge is 0.336 e. The normalized spacial score (nSPS) is 22.1. The zero-order chi connectivity index (χ0) is 17.0. The van der Waals surface area contributed by atoms with Crippen molar-refractivity contribution in [2.45, 2.75) is 31.2 Å². The molecule has 1 atom stereocenters. The number of phenols is 1. The summed E-state index contributed by atoms with van der Waals surface area (Å²) in [7, 11) is 0. The van der Waals surface area contributed by atoms with E-state index in [1.807, 2.05) is 0 Å². The van der Waals surface area contributed by atoms with Crippen molar-refractivity contribution < 1.29 is 19.1 Å². The van der Waals surface area contributed by atoms with Crippen LogP contribution in [0, 0.1) is 12.3 Å². The van der Waals surface area contributed by atoms with Crippen LogP contribution in [0.2, 0.25) is 0 Å². The molecule has 3 rings (SSSR count). The number of halogens is 2. The molecule has 0 saturated heterocycles. The molecule has 0 unspecified atom stereocenters. The zero-order valence-electron chi connectivity index (χ0n) is 12.5. The number of carbonyl (C=O) groups is 1. The van der Waals surface area contributed by atoms with Gasteiger partial charge in [-0.05, 0) is 26.0 Å². The van der Waals surface area contributed by atoms with Crippen molar-refractivity contribution in [1.29, 1.82) is 0 Å². The summed E-state index contributed by atoms with van der Waals surface area (Å²) < 4.78 is 9.30. The molecule has 0 bridgehead atoms. The van der Waals surface area contributed by atoms with Crippen LogP contribution in [0.15, 0.2) is 27.4 Å². The molecule has 1 saturated carbocycles. The highest BCUT2D eigenvalue weighted by atomic mass is 35.5. The van der Waals surface area contributed by atoms with Gasteiger partial charge in [0, 0.05) is 29.0 Å². The van der Waals surface area contributed by atoms with E-state index >= 15 is 0 Å². The summed E-state index contributed by atoms with van der Waals surface area (Å²) in [5.41, 5.74) is -0.308. The molecule has 5 nitrogen and oxygen atoms in total. The number of phenolic OH excluding ortho intramolecular Hbond substituents is 1. The van der Waals surface area contributed by atoms with Gasteiger partial charge in [0.2, 0.25) is 0 Å². The van der Waals surface area contributed by atoms with E-state index in [1.165, 1.54) is 12.1 Å². The molecule has 0 aliphatic heterocycles. The highest BCUT2D eigenvalue weighted by Crippen LogP contribution is 2.64. The zero-order valence-corrected chi connectivity index (χ0v) is 14.0. The molecule has 1 fully saturated rings. The molecule has 1 aromatic carbocycles. The fraction of sp³-hybridized carbons (Fsp3) is 0.375. The van der Waals surface area contributed by atoms with Crippen molar-refractivity contribution in [1.82, 2.24) is 0 Å². The van der Waals surface area contributed by atoms with Crippen LogP contribution in [0.4, 0.5) is 0 Å². The Balaban J connectivity index is 1.91. The third-order valence-corrected chi connectivity index (χ3v) is 5.39. The number of hydrogen-bond acceptors (Lipinski definition) is 5. The van der Waals surface area contributed by atoms with Crippen molar-refractivity contribution in [3.05, 3.63) is 39.7 Å². The number of alkyl halides is 2. The first kappa shape index (κ1) is 16.1. The van der Waals surface area contributed by atoms with Gasteiger partial charge in [0.25, 0.3) is 0 Å². The Bertz CT molecular complexity index is 871. The Hall–Kier alpha value is -1.72. The fourth-order valence-electron chi connectivity index (χ4n) is 2.46. The molecule has 2 aromatic rings. The minimum Gasteiger partial charge on any atom is -0.508 e. The van der Waals surface area contributed by atoms with Crippen molar-refractivity contribution in [3.8, 4) is 5.75 Å². The number of hydrogen-bond donors (Lipinski definition) is 1. The van der Waals surface area contributed by atoms with Crippen molar-refractivity contribution in [2.24, 2.45) is 5.41 Å². The number of fused-ring (bicyclic) bond motifs is 1. The number of aromatic hydroxyl groups is 1. The maximum Gasteiger partial charge on any atom is 0.336 e. The monoisotopic (exact) mass is 356 g/mol. The minimum absolute atomic E-state index is 0.0225. The third kappa shape index (κ3) is 2.58. The largest absolute Gasteiger partial charge is 0.508 e. The van der Waals surface area contributed by atoms with E-state index in [9.17, 15) is 14.7 Å². The van der Waals surface area contributed by atoms with E-state index in [4.69, 9.17) is 32.4 Å². The summed E-state index contributed by atoms with van der Waals surface area (Å²) in [4.78, 5) is 23.8.